The SMILES string of the molecule is CCC1CCC(CN)NC1. The second-order valence-corrected chi connectivity index (χ2v) is 3.19. The molecule has 2 nitrogen and oxygen atoms in total. The average molecular weight is 142 g/mol. The van der Waals surface area contributed by atoms with Crippen molar-refractivity contribution in [3.8, 4) is 0 Å². The Morgan fingerprint density at radius 1 is 1.50 bits per heavy atom. The van der Waals surface area contributed by atoms with Crippen molar-refractivity contribution in [2.75, 3.05) is 13.1 Å². The number of piperidine rings is 1. The minimum Gasteiger partial charge on any atom is -0.329 e. The Kier molecular flexibility index (Phi) is 3.16. The summed E-state index contributed by atoms with van der Waals surface area (Å²) in [5.74, 6) is 0.905. The van der Waals surface area contributed by atoms with Gasteiger partial charge in [0.2, 0.25) is 0 Å². The van der Waals surface area contributed by atoms with E-state index in [1.807, 2.05) is 0 Å². The molecule has 1 rings (SSSR count). The Morgan fingerprint density at radius 2 is 2.30 bits per heavy atom. The highest BCUT2D eigenvalue weighted by Crippen LogP contribution is 2.15. The first-order valence-corrected chi connectivity index (χ1v) is 4.30. The van der Waals surface area contributed by atoms with Crippen LogP contribution in [0.15, 0.2) is 0 Å². The van der Waals surface area contributed by atoms with Crippen LogP contribution in [-0.4, -0.2) is 19.1 Å². The van der Waals surface area contributed by atoms with E-state index < -0.39 is 0 Å². The number of hydrogen-bond acceptors (Lipinski definition) is 2. The van der Waals surface area contributed by atoms with Crippen molar-refractivity contribution in [3.63, 3.8) is 0 Å². The predicted octanol–water partition coefficient (Wildman–Crippen LogP) is 0.723. The van der Waals surface area contributed by atoms with Crippen LogP contribution in [0.25, 0.3) is 0 Å². The number of nitrogens with two attached hydrogens (primary N) is 1. The molecule has 0 aromatic heterocycles. The molecule has 1 heterocycles. The maximum atomic E-state index is 5.53. The minimum absolute atomic E-state index is 0.600. The van der Waals surface area contributed by atoms with Gasteiger partial charge in [0, 0.05) is 12.6 Å². The van der Waals surface area contributed by atoms with Gasteiger partial charge >= 0.3 is 0 Å². The Labute approximate surface area is 63.2 Å². The normalized spacial score (nSPS) is 34.2. The summed E-state index contributed by atoms with van der Waals surface area (Å²) in [7, 11) is 0. The first-order chi connectivity index (χ1) is 4.86. The van der Waals surface area contributed by atoms with Gasteiger partial charge in [0.15, 0.2) is 0 Å². The summed E-state index contributed by atoms with van der Waals surface area (Å²) in [6.45, 7) is 4.24. The molecule has 1 aliphatic rings. The summed E-state index contributed by atoms with van der Waals surface area (Å²) < 4.78 is 0. The third kappa shape index (κ3) is 1.96. The highest BCUT2D eigenvalue weighted by molar-refractivity contribution is 4.77. The molecule has 1 aliphatic heterocycles. The molecule has 0 spiro atoms. The molecule has 60 valence electrons. The molecule has 10 heavy (non-hydrogen) atoms. The van der Waals surface area contributed by atoms with E-state index in [2.05, 4.69) is 12.2 Å². The molecule has 1 saturated heterocycles. The number of rotatable bonds is 2. The Balaban J connectivity index is 2.17. The molecule has 2 heteroatoms. The Morgan fingerprint density at radius 3 is 2.70 bits per heavy atom. The van der Waals surface area contributed by atoms with Gasteiger partial charge in [-0.25, -0.2) is 0 Å². The monoisotopic (exact) mass is 142 g/mol. The Bertz CT molecular complexity index is 73.3. The Hall–Kier alpha value is -0.0800. The smallest absolute Gasteiger partial charge is 0.0190 e. The summed E-state index contributed by atoms with van der Waals surface area (Å²) >= 11 is 0. The minimum atomic E-state index is 0.600. The molecule has 0 saturated carbocycles. The maximum Gasteiger partial charge on any atom is 0.0190 e. The molecule has 2 unspecified atom stereocenters. The van der Waals surface area contributed by atoms with Gasteiger partial charge in [-0.3, -0.25) is 0 Å². The van der Waals surface area contributed by atoms with Crippen LogP contribution >= 0.6 is 0 Å². The van der Waals surface area contributed by atoms with E-state index in [0.717, 1.165) is 12.5 Å². The van der Waals surface area contributed by atoms with Crippen LogP contribution < -0.4 is 11.1 Å². The highest BCUT2D eigenvalue weighted by Gasteiger charge is 2.17. The molecular weight excluding hydrogens is 124 g/mol. The third-order valence-electron chi connectivity index (χ3n) is 2.48. The molecule has 0 radical (unpaired) electrons. The van der Waals surface area contributed by atoms with E-state index in [1.165, 1.54) is 25.8 Å². The van der Waals surface area contributed by atoms with Gasteiger partial charge in [-0.15, -0.1) is 0 Å². The van der Waals surface area contributed by atoms with Crippen molar-refractivity contribution in [1.29, 1.82) is 0 Å². The van der Waals surface area contributed by atoms with Crippen LogP contribution in [0.5, 0.6) is 0 Å². The molecule has 1 fully saturated rings. The van der Waals surface area contributed by atoms with Crippen molar-refractivity contribution in [3.05, 3.63) is 0 Å². The zero-order valence-electron chi connectivity index (χ0n) is 6.77. The fraction of sp³-hybridized carbons (Fsp3) is 1.00. The first-order valence-electron chi connectivity index (χ1n) is 4.30. The van der Waals surface area contributed by atoms with Crippen LogP contribution in [0.1, 0.15) is 26.2 Å². The highest BCUT2D eigenvalue weighted by atomic mass is 14.9. The number of nitrogens with one attached hydrogen (secondary N) is 1. The lowest BCUT2D eigenvalue weighted by atomic mass is 9.93. The summed E-state index contributed by atoms with van der Waals surface area (Å²) in [6.07, 6.45) is 3.95. The molecule has 3 N–H and O–H groups in total. The molecule has 0 bridgehead atoms. The maximum absolute atomic E-state index is 5.53. The van der Waals surface area contributed by atoms with Gasteiger partial charge < -0.3 is 11.1 Å². The lowest BCUT2D eigenvalue weighted by Crippen LogP contribution is -2.43. The second-order valence-electron chi connectivity index (χ2n) is 3.19. The second kappa shape index (κ2) is 3.94. The summed E-state index contributed by atoms with van der Waals surface area (Å²) in [4.78, 5) is 0. The number of hydrogen-bond donors (Lipinski definition) is 2. The molecule has 2 atom stereocenters. The fourth-order valence-corrected chi connectivity index (χ4v) is 1.52. The van der Waals surface area contributed by atoms with E-state index in [1.54, 1.807) is 0 Å². The van der Waals surface area contributed by atoms with Gasteiger partial charge in [0.1, 0.15) is 0 Å². The third-order valence-corrected chi connectivity index (χ3v) is 2.48. The van der Waals surface area contributed by atoms with Crippen LogP contribution in [-0.2, 0) is 0 Å². The summed E-state index contributed by atoms with van der Waals surface area (Å²) in [6, 6.07) is 0.600. The van der Waals surface area contributed by atoms with Gasteiger partial charge in [0.05, 0.1) is 0 Å². The molecular formula is C8H18N2. The van der Waals surface area contributed by atoms with Crippen molar-refractivity contribution in [1.82, 2.24) is 5.32 Å². The first kappa shape index (κ1) is 8.02. The quantitative estimate of drug-likeness (QED) is 0.596. The van der Waals surface area contributed by atoms with E-state index in [0.29, 0.717) is 6.04 Å². The largest absolute Gasteiger partial charge is 0.329 e. The standard InChI is InChI=1S/C8H18N2/c1-2-7-3-4-8(5-9)10-6-7/h7-8,10H,2-6,9H2,1H3. The van der Waals surface area contributed by atoms with Crippen LogP contribution in [0.3, 0.4) is 0 Å². The van der Waals surface area contributed by atoms with Crippen molar-refractivity contribution in [2.24, 2.45) is 11.7 Å². The van der Waals surface area contributed by atoms with Gasteiger partial charge in [-0.1, -0.05) is 13.3 Å². The molecule has 0 aromatic carbocycles. The zero-order chi connectivity index (χ0) is 7.40. The van der Waals surface area contributed by atoms with Crippen molar-refractivity contribution < 1.29 is 0 Å². The van der Waals surface area contributed by atoms with Crippen molar-refractivity contribution in [2.45, 2.75) is 32.2 Å². The van der Waals surface area contributed by atoms with E-state index in [4.69, 9.17) is 5.73 Å². The van der Waals surface area contributed by atoms with E-state index in [-0.39, 0.29) is 0 Å². The van der Waals surface area contributed by atoms with E-state index >= 15 is 0 Å². The van der Waals surface area contributed by atoms with Crippen molar-refractivity contribution >= 4 is 0 Å². The lowest BCUT2D eigenvalue weighted by molar-refractivity contribution is 0.308. The zero-order valence-corrected chi connectivity index (χ0v) is 6.77. The van der Waals surface area contributed by atoms with Gasteiger partial charge in [-0.05, 0) is 25.3 Å². The van der Waals surface area contributed by atoms with Crippen LogP contribution in [0.4, 0.5) is 0 Å². The molecule has 0 aliphatic carbocycles. The predicted molar refractivity (Wildman–Crippen MR) is 43.9 cm³/mol. The summed E-state index contributed by atoms with van der Waals surface area (Å²) in [5, 5.41) is 3.44. The van der Waals surface area contributed by atoms with Crippen LogP contribution in [0.2, 0.25) is 0 Å². The van der Waals surface area contributed by atoms with Gasteiger partial charge in [0.25, 0.3) is 0 Å². The fourth-order valence-electron chi connectivity index (χ4n) is 1.52. The summed E-state index contributed by atoms with van der Waals surface area (Å²) in [5.41, 5.74) is 5.53. The van der Waals surface area contributed by atoms with E-state index in [9.17, 15) is 0 Å². The topological polar surface area (TPSA) is 38.0 Å². The van der Waals surface area contributed by atoms with Crippen LogP contribution in [0, 0.1) is 5.92 Å². The van der Waals surface area contributed by atoms with Gasteiger partial charge in [-0.2, -0.15) is 0 Å². The molecule has 0 aromatic rings. The average Bonchev–Trinajstić information content (AvgIpc) is 2.05. The molecule has 0 amide bonds. The lowest BCUT2D eigenvalue weighted by Gasteiger charge is -2.28.